The Bertz CT molecular complexity index is 1200. The topological polar surface area (TPSA) is 169 Å². The van der Waals surface area contributed by atoms with Crippen LogP contribution in [0.2, 0.25) is 0 Å². The number of hydrogen-bond acceptors (Lipinski definition) is 8. The zero-order chi connectivity index (χ0) is 25.3. The number of aliphatic hydroxyl groups excluding tert-OH is 1. The summed E-state index contributed by atoms with van der Waals surface area (Å²) in [5.74, 6) is -2.40. The third-order valence-electron chi connectivity index (χ3n) is 5.06. The number of aromatic amines is 1. The molecule has 0 radical (unpaired) electrons. The van der Waals surface area contributed by atoms with Crippen LogP contribution in [-0.2, 0) is 18.6 Å². The minimum atomic E-state index is -4.37. The van der Waals surface area contributed by atoms with E-state index in [2.05, 4.69) is 5.09 Å². The normalized spacial score (nSPS) is 23.3. The zero-order valence-corrected chi connectivity index (χ0v) is 19.4. The highest BCUT2D eigenvalue weighted by molar-refractivity contribution is 7.52. The summed E-state index contributed by atoms with van der Waals surface area (Å²) in [5.41, 5.74) is -3.70. The molecule has 2 aromatic rings. The standard InChI is InChI=1S/C20H25FN3O9P/c1-11(18(27)28)23-34(30,32-12-7-5-4-6-8-12)33-20(2,3)16-14(25)9-15(31-16)24-10-13(21)17(26)22-19(24)29/h4-8,10-11,14-16,25H,9H2,1-3H3,(H,23,30)(H,27,28)(H,22,26,29)/t11-,14-,15+,16-,34+/m0/s1. The van der Waals surface area contributed by atoms with Crippen molar-refractivity contribution in [3.63, 3.8) is 0 Å². The molecular weight excluding hydrogens is 476 g/mol. The maximum Gasteiger partial charge on any atom is 0.460 e. The highest BCUT2D eigenvalue weighted by Gasteiger charge is 2.49. The molecule has 1 aliphatic rings. The van der Waals surface area contributed by atoms with Gasteiger partial charge in [0, 0.05) is 6.42 Å². The van der Waals surface area contributed by atoms with Gasteiger partial charge in [-0.1, -0.05) is 18.2 Å². The maximum absolute atomic E-state index is 13.7. The van der Waals surface area contributed by atoms with Gasteiger partial charge in [0.25, 0.3) is 5.56 Å². The second-order valence-corrected chi connectivity index (χ2v) is 9.86. The lowest BCUT2D eigenvalue weighted by molar-refractivity contribution is -0.139. The first kappa shape index (κ1) is 25.8. The van der Waals surface area contributed by atoms with E-state index < -0.39 is 60.9 Å². The van der Waals surface area contributed by atoms with Crippen molar-refractivity contribution in [2.45, 2.75) is 57.3 Å². The van der Waals surface area contributed by atoms with Gasteiger partial charge in [-0.3, -0.25) is 23.7 Å². The molecule has 186 valence electrons. The van der Waals surface area contributed by atoms with Gasteiger partial charge in [-0.2, -0.15) is 9.48 Å². The summed E-state index contributed by atoms with van der Waals surface area (Å²) < 4.78 is 45.0. The number of nitrogens with one attached hydrogen (secondary N) is 2. The molecule has 0 aliphatic carbocycles. The molecule has 1 saturated heterocycles. The third kappa shape index (κ3) is 5.80. The predicted octanol–water partition coefficient (Wildman–Crippen LogP) is 1.37. The second-order valence-electron chi connectivity index (χ2n) is 8.24. The van der Waals surface area contributed by atoms with Crippen LogP contribution in [0.3, 0.4) is 0 Å². The number of benzene rings is 1. The summed E-state index contributed by atoms with van der Waals surface area (Å²) >= 11 is 0. The fourth-order valence-electron chi connectivity index (χ4n) is 3.47. The number of H-pyrrole nitrogens is 1. The van der Waals surface area contributed by atoms with Crippen molar-refractivity contribution in [1.82, 2.24) is 14.6 Å². The van der Waals surface area contributed by atoms with Gasteiger partial charge in [-0.05, 0) is 32.9 Å². The quantitative estimate of drug-likeness (QED) is 0.368. The van der Waals surface area contributed by atoms with Crippen LogP contribution in [0.5, 0.6) is 5.75 Å². The molecule has 0 saturated carbocycles. The summed E-state index contributed by atoms with van der Waals surface area (Å²) in [5, 5.41) is 22.2. The van der Waals surface area contributed by atoms with Crippen molar-refractivity contribution in [1.29, 1.82) is 0 Å². The molecule has 1 aromatic heterocycles. The van der Waals surface area contributed by atoms with Crippen molar-refractivity contribution in [2.75, 3.05) is 0 Å². The summed E-state index contributed by atoms with van der Waals surface area (Å²) in [4.78, 5) is 36.5. The van der Waals surface area contributed by atoms with Crippen molar-refractivity contribution in [3.05, 3.63) is 63.2 Å². The van der Waals surface area contributed by atoms with Crippen LogP contribution in [0.4, 0.5) is 4.39 Å². The van der Waals surface area contributed by atoms with E-state index in [9.17, 15) is 33.6 Å². The molecule has 4 N–H and O–H groups in total. The fraction of sp³-hybridized carbons (Fsp3) is 0.450. The number of para-hydroxylation sites is 1. The van der Waals surface area contributed by atoms with Crippen LogP contribution in [0.1, 0.15) is 33.4 Å². The molecule has 1 fully saturated rings. The molecule has 34 heavy (non-hydrogen) atoms. The van der Waals surface area contributed by atoms with Gasteiger partial charge in [0.05, 0.1) is 12.3 Å². The summed E-state index contributed by atoms with van der Waals surface area (Å²) in [6.07, 6.45) is -3.14. The number of carboxylic acids is 1. The lowest BCUT2D eigenvalue weighted by Gasteiger charge is -2.36. The molecule has 3 rings (SSSR count). The van der Waals surface area contributed by atoms with E-state index in [-0.39, 0.29) is 12.2 Å². The number of halogens is 1. The van der Waals surface area contributed by atoms with E-state index in [1.165, 1.54) is 32.9 Å². The number of aromatic nitrogens is 2. The maximum atomic E-state index is 13.7. The van der Waals surface area contributed by atoms with Crippen LogP contribution in [0.15, 0.2) is 46.1 Å². The Balaban J connectivity index is 1.86. The number of hydrogen-bond donors (Lipinski definition) is 4. The second kappa shape index (κ2) is 9.80. The van der Waals surface area contributed by atoms with Gasteiger partial charge in [-0.15, -0.1) is 0 Å². The van der Waals surface area contributed by atoms with Crippen molar-refractivity contribution < 1.29 is 37.7 Å². The van der Waals surface area contributed by atoms with E-state index in [4.69, 9.17) is 13.8 Å². The van der Waals surface area contributed by atoms with E-state index >= 15 is 0 Å². The van der Waals surface area contributed by atoms with E-state index in [1.54, 1.807) is 23.2 Å². The molecular formula is C20H25FN3O9P. The number of ether oxygens (including phenoxy) is 1. The van der Waals surface area contributed by atoms with E-state index in [1.807, 2.05) is 0 Å². The smallest absolute Gasteiger partial charge is 0.460 e. The molecule has 1 aromatic carbocycles. The van der Waals surface area contributed by atoms with Gasteiger partial charge in [0.2, 0.25) is 5.82 Å². The first-order valence-corrected chi connectivity index (χ1v) is 11.8. The zero-order valence-electron chi connectivity index (χ0n) is 18.5. The molecule has 0 bridgehead atoms. The van der Waals surface area contributed by atoms with Crippen LogP contribution in [0, 0.1) is 5.82 Å². The Morgan fingerprint density at radius 2 is 2.00 bits per heavy atom. The van der Waals surface area contributed by atoms with E-state index in [0.717, 1.165) is 4.57 Å². The van der Waals surface area contributed by atoms with Gasteiger partial charge in [0.1, 0.15) is 29.7 Å². The Morgan fingerprint density at radius 3 is 2.62 bits per heavy atom. The van der Waals surface area contributed by atoms with Gasteiger partial charge < -0.3 is 19.5 Å². The minimum Gasteiger partial charge on any atom is -0.480 e. The Labute approximate surface area is 192 Å². The van der Waals surface area contributed by atoms with Gasteiger partial charge >= 0.3 is 19.4 Å². The monoisotopic (exact) mass is 501 g/mol. The number of carboxylic acid groups (broad SMARTS) is 1. The average molecular weight is 501 g/mol. The Kier molecular flexibility index (Phi) is 7.44. The molecule has 0 amide bonds. The molecule has 0 unspecified atom stereocenters. The minimum absolute atomic E-state index is 0.132. The molecule has 14 heteroatoms. The molecule has 12 nitrogen and oxygen atoms in total. The van der Waals surface area contributed by atoms with Crippen molar-refractivity contribution >= 4 is 13.7 Å². The lowest BCUT2D eigenvalue weighted by atomic mass is 9.97. The number of nitrogens with zero attached hydrogens (tertiary/aromatic N) is 1. The highest BCUT2D eigenvalue weighted by Crippen LogP contribution is 2.51. The number of carbonyl (C=O) groups is 1. The van der Waals surface area contributed by atoms with E-state index in [0.29, 0.717) is 6.20 Å². The largest absolute Gasteiger partial charge is 0.480 e. The third-order valence-corrected chi connectivity index (χ3v) is 6.93. The number of aliphatic carboxylic acids is 1. The molecule has 5 atom stereocenters. The first-order valence-electron chi connectivity index (χ1n) is 10.2. The van der Waals surface area contributed by atoms with Crippen LogP contribution < -0.4 is 20.9 Å². The number of aliphatic hydroxyl groups is 1. The highest BCUT2D eigenvalue weighted by atomic mass is 31.2. The van der Waals surface area contributed by atoms with Crippen LogP contribution in [0.25, 0.3) is 0 Å². The predicted molar refractivity (Wildman–Crippen MR) is 116 cm³/mol. The van der Waals surface area contributed by atoms with Crippen LogP contribution >= 0.6 is 7.75 Å². The molecule has 0 spiro atoms. The van der Waals surface area contributed by atoms with Gasteiger partial charge in [0.15, 0.2) is 0 Å². The van der Waals surface area contributed by atoms with Crippen molar-refractivity contribution in [3.8, 4) is 5.75 Å². The van der Waals surface area contributed by atoms with Crippen molar-refractivity contribution in [2.24, 2.45) is 0 Å². The molecule has 2 heterocycles. The Morgan fingerprint density at radius 1 is 1.35 bits per heavy atom. The Hall–Kier alpha value is -2.83. The van der Waals surface area contributed by atoms with Gasteiger partial charge in [-0.25, -0.2) is 9.36 Å². The number of rotatable bonds is 9. The average Bonchev–Trinajstić information content (AvgIpc) is 3.13. The SMILES string of the molecule is C[C@H](N[P@@](=O)(Oc1ccccc1)OC(C)(C)[C@H]1O[C@@H](n2cc(F)c(=O)[nH]c2=O)C[C@@H]1O)C(=O)O. The fourth-order valence-corrected chi connectivity index (χ4v) is 5.32. The lowest BCUT2D eigenvalue weighted by Crippen LogP contribution is -2.46. The summed E-state index contributed by atoms with van der Waals surface area (Å²) in [6, 6.07) is 6.58. The van der Waals surface area contributed by atoms with Crippen LogP contribution in [-0.4, -0.2) is 49.6 Å². The summed E-state index contributed by atoms with van der Waals surface area (Å²) in [7, 11) is -4.37. The first-order chi connectivity index (χ1) is 15.8. The molecule has 1 aliphatic heterocycles. The summed E-state index contributed by atoms with van der Waals surface area (Å²) in [6.45, 7) is 4.09.